The van der Waals surface area contributed by atoms with Crippen LogP contribution in [-0.2, 0) is 25.7 Å². The Kier molecular flexibility index (Phi) is 19.4. The van der Waals surface area contributed by atoms with Gasteiger partial charge < -0.3 is 0 Å². The molecule has 0 bridgehead atoms. The fraction of sp³-hybridized carbons (Fsp3) is 0.610. The van der Waals surface area contributed by atoms with Gasteiger partial charge in [-0.3, -0.25) is 4.99 Å². The van der Waals surface area contributed by atoms with Crippen molar-refractivity contribution in [3.05, 3.63) is 58.7 Å². The van der Waals surface area contributed by atoms with Gasteiger partial charge in [0.2, 0.25) is 0 Å². The Morgan fingerprint density at radius 2 is 0.977 bits per heavy atom. The molecule has 0 aromatic heterocycles. The molecule has 0 fully saturated rings. The fourth-order valence-electron chi connectivity index (χ4n) is 5.76. The SMILES string of the molecule is CCCCCCCCCCCCCC#CC(=Nc1ccc(CC)c(CC)c1)C(CCCC)=Nc1ccc(CC)c(CC)c1. The molecule has 2 heteroatoms. The van der Waals surface area contributed by atoms with Gasteiger partial charge in [0.05, 0.1) is 17.1 Å². The molecule has 0 aliphatic heterocycles. The van der Waals surface area contributed by atoms with E-state index in [0.29, 0.717) is 0 Å². The zero-order chi connectivity index (χ0) is 31.1. The molecule has 2 aromatic rings. The molecule has 0 saturated heterocycles. The molecule has 0 atom stereocenters. The van der Waals surface area contributed by atoms with E-state index in [2.05, 4.69) is 89.8 Å². The van der Waals surface area contributed by atoms with E-state index in [9.17, 15) is 0 Å². The molecule has 2 aromatic carbocycles. The summed E-state index contributed by atoms with van der Waals surface area (Å²) in [6.07, 6.45) is 23.1. The summed E-state index contributed by atoms with van der Waals surface area (Å²) in [5, 5.41) is 0. The zero-order valence-electron chi connectivity index (χ0n) is 28.8. The molecule has 0 spiro atoms. The molecule has 0 aliphatic carbocycles. The Bertz CT molecular complexity index is 1170. The lowest BCUT2D eigenvalue weighted by Crippen LogP contribution is -2.12. The lowest BCUT2D eigenvalue weighted by atomic mass is 10.0. The van der Waals surface area contributed by atoms with E-state index in [1.807, 2.05) is 0 Å². The molecule has 0 amide bonds. The van der Waals surface area contributed by atoms with Gasteiger partial charge in [-0.15, -0.1) is 0 Å². The number of hydrogen-bond donors (Lipinski definition) is 0. The molecule has 2 nitrogen and oxygen atoms in total. The van der Waals surface area contributed by atoms with Crippen LogP contribution in [0.2, 0.25) is 0 Å². The highest BCUT2D eigenvalue weighted by molar-refractivity contribution is 6.49. The van der Waals surface area contributed by atoms with Crippen LogP contribution in [0.15, 0.2) is 46.4 Å². The molecule has 0 unspecified atom stereocenters. The number of hydrogen-bond acceptors (Lipinski definition) is 2. The van der Waals surface area contributed by atoms with E-state index in [-0.39, 0.29) is 0 Å². The third-order valence-corrected chi connectivity index (χ3v) is 8.56. The van der Waals surface area contributed by atoms with Crippen molar-refractivity contribution in [3.63, 3.8) is 0 Å². The van der Waals surface area contributed by atoms with Gasteiger partial charge in [0.1, 0.15) is 5.71 Å². The van der Waals surface area contributed by atoms with Gasteiger partial charge in [0.25, 0.3) is 0 Å². The summed E-state index contributed by atoms with van der Waals surface area (Å²) >= 11 is 0. The van der Waals surface area contributed by atoms with Crippen molar-refractivity contribution in [2.45, 2.75) is 164 Å². The quantitative estimate of drug-likeness (QED) is 0.0794. The number of unbranched alkanes of at least 4 members (excludes halogenated alkanes) is 12. The van der Waals surface area contributed by atoms with Crippen molar-refractivity contribution >= 4 is 22.8 Å². The van der Waals surface area contributed by atoms with Gasteiger partial charge in [-0.05, 0) is 97.4 Å². The number of nitrogens with zero attached hydrogens (tertiary/aromatic N) is 2. The lowest BCUT2D eigenvalue weighted by Gasteiger charge is -2.10. The summed E-state index contributed by atoms with van der Waals surface area (Å²) in [6.45, 7) is 13.5. The van der Waals surface area contributed by atoms with Crippen molar-refractivity contribution in [1.29, 1.82) is 0 Å². The Balaban J connectivity index is 2.22. The molecular weight excluding hydrogens is 520 g/mol. The van der Waals surface area contributed by atoms with Crippen LogP contribution in [0.1, 0.15) is 160 Å². The molecule has 0 radical (unpaired) electrons. The van der Waals surface area contributed by atoms with Gasteiger partial charge in [-0.25, -0.2) is 4.99 Å². The van der Waals surface area contributed by atoms with E-state index in [1.165, 1.54) is 92.9 Å². The van der Waals surface area contributed by atoms with Crippen molar-refractivity contribution < 1.29 is 0 Å². The van der Waals surface area contributed by atoms with Crippen LogP contribution in [0.25, 0.3) is 0 Å². The Labute approximate surface area is 266 Å². The summed E-state index contributed by atoms with van der Waals surface area (Å²) in [4.78, 5) is 10.4. The van der Waals surface area contributed by atoms with Crippen LogP contribution >= 0.6 is 0 Å². The first-order valence-corrected chi connectivity index (χ1v) is 18.0. The second kappa shape index (κ2) is 22.8. The van der Waals surface area contributed by atoms with Crippen LogP contribution < -0.4 is 0 Å². The Morgan fingerprint density at radius 1 is 0.512 bits per heavy atom. The molecular formula is C41H62N2. The molecule has 236 valence electrons. The lowest BCUT2D eigenvalue weighted by molar-refractivity contribution is 0.551. The normalized spacial score (nSPS) is 12.0. The highest BCUT2D eigenvalue weighted by atomic mass is 14.8. The summed E-state index contributed by atoms with van der Waals surface area (Å²) in [7, 11) is 0. The van der Waals surface area contributed by atoms with Crippen molar-refractivity contribution in [2.24, 2.45) is 9.98 Å². The smallest absolute Gasteiger partial charge is 0.135 e. The molecule has 2 rings (SSSR count). The maximum absolute atomic E-state index is 5.22. The van der Waals surface area contributed by atoms with Crippen LogP contribution in [0.5, 0.6) is 0 Å². The first kappa shape index (κ1) is 36.5. The summed E-state index contributed by atoms with van der Waals surface area (Å²) in [6, 6.07) is 13.4. The topological polar surface area (TPSA) is 24.7 Å². The van der Waals surface area contributed by atoms with Crippen molar-refractivity contribution in [1.82, 2.24) is 0 Å². The first-order chi connectivity index (χ1) is 21.1. The van der Waals surface area contributed by atoms with E-state index in [1.54, 1.807) is 0 Å². The first-order valence-electron chi connectivity index (χ1n) is 18.0. The minimum absolute atomic E-state index is 0.848. The van der Waals surface area contributed by atoms with Crippen LogP contribution in [0.3, 0.4) is 0 Å². The summed E-state index contributed by atoms with van der Waals surface area (Å²) in [5.74, 6) is 7.03. The maximum atomic E-state index is 5.22. The molecule has 0 heterocycles. The number of aryl methyl sites for hydroxylation is 4. The van der Waals surface area contributed by atoms with Gasteiger partial charge in [0, 0.05) is 6.42 Å². The van der Waals surface area contributed by atoms with Gasteiger partial charge >= 0.3 is 0 Å². The van der Waals surface area contributed by atoms with Crippen LogP contribution in [0.4, 0.5) is 11.4 Å². The monoisotopic (exact) mass is 582 g/mol. The third kappa shape index (κ3) is 14.1. The highest BCUT2D eigenvalue weighted by Gasteiger charge is 2.10. The average Bonchev–Trinajstić information content (AvgIpc) is 3.04. The van der Waals surface area contributed by atoms with E-state index in [4.69, 9.17) is 9.98 Å². The van der Waals surface area contributed by atoms with E-state index >= 15 is 0 Å². The second-order valence-corrected chi connectivity index (χ2v) is 12.0. The number of benzene rings is 2. The van der Waals surface area contributed by atoms with Crippen molar-refractivity contribution in [2.75, 3.05) is 0 Å². The van der Waals surface area contributed by atoms with Crippen molar-refractivity contribution in [3.8, 4) is 11.8 Å². The summed E-state index contributed by atoms with van der Waals surface area (Å²) in [5.41, 5.74) is 9.49. The fourth-order valence-corrected chi connectivity index (χ4v) is 5.76. The van der Waals surface area contributed by atoms with E-state index < -0.39 is 0 Å². The van der Waals surface area contributed by atoms with Gasteiger partial charge in [-0.2, -0.15) is 0 Å². The number of aliphatic imine (C=N–C) groups is 2. The maximum Gasteiger partial charge on any atom is 0.135 e. The number of rotatable bonds is 21. The van der Waals surface area contributed by atoms with Gasteiger partial charge in [-0.1, -0.05) is 130 Å². The summed E-state index contributed by atoms with van der Waals surface area (Å²) < 4.78 is 0. The predicted octanol–water partition coefficient (Wildman–Crippen LogP) is 12.7. The molecule has 0 saturated carbocycles. The highest BCUT2D eigenvalue weighted by Crippen LogP contribution is 2.23. The average molecular weight is 583 g/mol. The molecule has 43 heavy (non-hydrogen) atoms. The molecule has 0 aliphatic rings. The molecule has 0 N–H and O–H groups in total. The Hall–Kier alpha value is -2.66. The van der Waals surface area contributed by atoms with Crippen LogP contribution in [-0.4, -0.2) is 11.4 Å². The standard InChI is InChI=1S/C41H62N2/c1-7-13-15-16-17-18-19-20-21-22-23-24-25-27-41(43-39-31-29-35(10-4)37(12-6)33-39)40(26-14-8-2)42-38-30-28-34(9-3)36(11-5)32-38/h28-33H,7-24,26H2,1-6H3. The van der Waals surface area contributed by atoms with E-state index in [0.717, 1.165) is 74.2 Å². The third-order valence-electron chi connectivity index (χ3n) is 8.56. The Morgan fingerprint density at radius 3 is 1.47 bits per heavy atom. The van der Waals surface area contributed by atoms with Gasteiger partial charge in [0.15, 0.2) is 0 Å². The minimum Gasteiger partial charge on any atom is -0.251 e. The predicted molar refractivity (Wildman–Crippen MR) is 193 cm³/mol. The van der Waals surface area contributed by atoms with Crippen LogP contribution in [0, 0.1) is 11.8 Å². The zero-order valence-corrected chi connectivity index (χ0v) is 28.8. The minimum atomic E-state index is 0.848. The largest absolute Gasteiger partial charge is 0.251 e. The second-order valence-electron chi connectivity index (χ2n) is 12.0.